The number of nitrogens with zero attached hydrogens (tertiary/aromatic N) is 4. The molecule has 3 aromatic heterocycles. The second-order valence-corrected chi connectivity index (χ2v) is 8.65. The third-order valence-corrected chi connectivity index (χ3v) is 5.95. The number of nitrogens with one attached hydrogen (secondary N) is 1. The van der Waals surface area contributed by atoms with Crippen LogP contribution in [-0.2, 0) is 4.74 Å². The van der Waals surface area contributed by atoms with Crippen LogP contribution in [0.2, 0.25) is 0 Å². The van der Waals surface area contributed by atoms with Gasteiger partial charge in [-0.25, -0.2) is 4.98 Å². The largest absolute Gasteiger partial charge is 0.494 e. The van der Waals surface area contributed by atoms with Crippen molar-refractivity contribution < 1.29 is 19.0 Å². The van der Waals surface area contributed by atoms with Crippen molar-refractivity contribution in [2.45, 2.75) is 13.3 Å². The molecule has 11 heteroatoms. The first kappa shape index (κ1) is 21.6. The Morgan fingerprint density at radius 1 is 1.39 bits per heavy atom. The zero-order valence-electron chi connectivity index (χ0n) is 16.9. The molecule has 0 saturated carbocycles. The predicted molar refractivity (Wildman–Crippen MR) is 119 cm³/mol. The van der Waals surface area contributed by atoms with Crippen LogP contribution in [0.25, 0.3) is 11.1 Å². The van der Waals surface area contributed by atoms with Gasteiger partial charge in [-0.05, 0) is 58.3 Å². The topological polar surface area (TPSA) is 108 Å². The fourth-order valence-corrected chi connectivity index (χ4v) is 4.21. The summed E-state index contributed by atoms with van der Waals surface area (Å²) in [7, 11) is 1.55. The van der Waals surface area contributed by atoms with E-state index in [-0.39, 0.29) is 5.91 Å². The van der Waals surface area contributed by atoms with E-state index in [1.807, 2.05) is 19.1 Å². The molecule has 1 aliphatic heterocycles. The normalized spacial score (nSPS) is 15.6. The van der Waals surface area contributed by atoms with Crippen molar-refractivity contribution in [3.05, 3.63) is 40.4 Å². The van der Waals surface area contributed by atoms with E-state index in [0.717, 1.165) is 18.6 Å². The Hall–Kier alpha value is -2.63. The number of carbonyl (C=O) groups excluding carboxylic acids is 1. The van der Waals surface area contributed by atoms with Gasteiger partial charge in [0.1, 0.15) is 10.4 Å². The molecule has 0 spiro atoms. The molecule has 4 heterocycles. The van der Waals surface area contributed by atoms with Crippen LogP contribution in [0.3, 0.4) is 0 Å². The SMILES string of the molecule is COc1c(C)ncc(C(=O)Nc2nnc(OC[C@@H]3CCOC3)s2)c1-c1ccnc(Br)c1. The fraction of sp³-hybridized carbons (Fsp3) is 0.350. The monoisotopic (exact) mass is 505 g/mol. The third kappa shape index (κ3) is 5.00. The average Bonchev–Trinajstić information content (AvgIpc) is 3.44. The average molecular weight is 506 g/mol. The molecule has 0 aromatic carbocycles. The first-order chi connectivity index (χ1) is 15.0. The van der Waals surface area contributed by atoms with E-state index in [1.165, 1.54) is 17.5 Å². The zero-order chi connectivity index (χ0) is 21.8. The molecule has 162 valence electrons. The van der Waals surface area contributed by atoms with Gasteiger partial charge in [0.05, 0.1) is 31.6 Å². The van der Waals surface area contributed by atoms with Gasteiger partial charge >= 0.3 is 0 Å². The van der Waals surface area contributed by atoms with E-state index < -0.39 is 0 Å². The minimum absolute atomic E-state index is 0.337. The van der Waals surface area contributed by atoms with Crippen LogP contribution >= 0.6 is 27.3 Å². The molecule has 0 unspecified atom stereocenters. The number of hydrogen-bond donors (Lipinski definition) is 1. The molecular formula is C20H20BrN5O4S. The van der Waals surface area contributed by atoms with E-state index in [4.69, 9.17) is 14.2 Å². The highest BCUT2D eigenvalue weighted by molar-refractivity contribution is 9.10. The molecule has 1 N–H and O–H groups in total. The Morgan fingerprint density at radius 2 is 2.26 bits per heavy atom. The van der Waals surface area contributed by atoms with E-state index >= 15 is 0 Å². The molecule has 0 aliphatic carbocycles. The number of ether oxygens (including phenoxy) is 3. The summed E-state index contributed by atoms with van der Waals surface area (Å²) in [6.07, 6.45) is 4.15. The maximum atomic E-state index is 13.1. The second-order valence-electron chi connectivity index (χ2n) is 6.90. The highest BCUT2D eigenvalue weighted by Gasteiger charge is 2.22. The zero-order valence-corrected chi connectivity index (χ0v) is 19.3. The molecule has 1 atom stereocenters. The Bertz CT molecular complexity index is 1090. The quantitative estimate of drug-likeness (QED) is 0.483. The number of aromatic nitrogens is 4. The van der Waals surface area contributed by atoms with Gasteiger partial charge in [-0.1, -0.05) is 5.10 Å². The van der Waals surface area contributed by atoms with Crippen molar-refractivity contribution in [2.24, 2.45) is 5.92 Å². The molecule has 9 nitrogen and oxygen atoms in total. The Kier molecular flexibility index (Phi) is 6.73. The van der Waals surface area contributed by atoms with E-state index in [0.29, 0.717) is 56.6 Å². The first-order valence-corrected chi connectivity index (χ1v) is 11.2. The van der Waals surface area contributed by atoms with Gasteiger partial charge < -0.3 is 14.2 Å². The first-order valence-electron chi connectivity index (χ1n) is 9.56. The Labute approximate surface area is 191 Å². The van der Waals surface area contributed by atoms with Gasteiger partial charge in [0, 0.05) is 30.5 Å². The van der Waals surface area contributed by atoms with Crippen LogP contribution < -0.4 is 14.8 Å². The summed E-state index contributed by atoms with van der Waals surface area (Å²) >= 11 is 4.55. The number of anilines is 1. The van der Waals surface area contributed by atoms with Gasteiger partial charge in [-0.3, -0.25) is 15.1 Å². The van der Waals surface area contributed by atoms with Crippen LogP contribution in [0.15, 0.2) is 29.1 Å². The van der Waals surface area contributed by atoms with Crippen molar-refractivity contribution in [1.29, 1.82) is 0 Å². The van der Waals surface area contributed by atoms with Crippen molar-refractivity contribution in [2.75, 3.05) is 32.2 Å². The fourth-order valence-electron chi connectivity index (χ4n) is 3.24. The summed E-state index contributed by atoms with van der Waals surface area (Å²) in [6.45, 7) is 3.79. The van der Waals surface area contributed by atoms with Gasteiger partial charge in [-0.15, -0.1) is 5.10 Å². The predicted octanol–water partition coefficient (Wildman–Crippen LogP) is 3.74. The van der Waals surface area contributed by atoms with Crippen molar-refractivity contribution in [3.63, 3.8) is 0 Å². The lowest BCUT2D eigenvalue weighted by Crippen LogP contribution is -2.14. The van der Waals surface area contributed by atoms with Crippen LogP contribution in [0.5, 0.6) is 10.9 Å². The van der Waals surface area contributed by atoms with Crippen molar-refractivity contribution in [1.82, 2.24) is 20.2 Å². The van der Waals surface area contributed by atoms with Crippen LogP contribution in [0, 0.1) is 12.8 Å². The lowest BCUT2D eigenvalue weighted by molar-refractivity contribution is 0.102. The van der Waals surface area contributed by atoms with Crippen LogP contribution in [-0.4, -0.2) is 53.0 Å². The van der Waals surface area contributed by atoms with Gasteiger partial charge in [0.25, 0.3) is 11.1 Å². The summed E-state index contributed by atoms with van der Waals surface area (Å²) in [5, 5.41) is 11.5. The number of aryl methyl sites for hydroxylation is 1. The number of amides is 1. The van der Waals surface area contributed by atoms with Gasteiger partial charge in [-0.2, -0.15) is 0 Å². The van der Waals surface area contributed by atoms with E-state index in [9.17, 15) is 4.79 Å². The molecule has 1 fully saturated rings. The number of halogens is 1. The summed E-state index contributed by atoms with van der Waals surface area (Å²) < 4.78 is 17.2. The summed E-state index contributed by atoms with van der Waals surface area (Å²) in [5.41, 5.74) is 2.41. The summed E-state index contributed by atoms with van der Waals surface area (Å²) in [6, 6.07) is 3.63. The van der Waals surface area contributed by atoms with E-state index in [2.05, 4.69) is 41.4 Å². The Balaban J connectivity index is 1.56. The molecule has 3 aromatic rings. The summed E-state index contributed by atoms with van der Waals surface area (Å²) in [5.74, 6) is 0.502. The molecule has 4 rings (SSSR count). The molecule has 1 amide bonds. The number of carbonyl (C=O) groups is 1. The molecule has 0 bridgehead atoms. The van der Waals surface area contributed by atoms with Gasteiger partial charge in [0.15, 0.2) is 0 Å². The minimum atomic E-state index is -0.374. The Morgan fingerprint density at radius 3 is 3.00 bits per heavy atom. The van der Waals surface area contributed by atoms with Crippen LogP contribution in [0.1, 0.15) is 22.5 Å². The number of methoxy groups -OCH3 is 1. The third-order valence-electron chi connectivity index (χ3n) is 4.77. The molecular weight excluding hydrogens is 486 g/mol. The number of hydrogen-bond acceptors (Lipinski definition) is 9. The standard InChI is InChI=1S/C20H20BrN5O4S/c1-11-17(28-2)16(13-3-5-22-15(21)7-13)14(8-23-11)18(27)24-19-25-26-20(31-19)30-10-12-4-6-29-9-12/h3,5,7-8,12H,4,6,9-10H2,1-2H3,(H,24,25,27)/t12-/m1/s1. The maximum Gasteiger partial charge on any atom is 0.295 e. The second kappa shape index (κ2) is 9.67. The van der Waals surface area contributed by atoms with E-state index in [1.54, 1.807) is 13.3 Å². The maximum absolute atomic E-state index is 13.1. The molecule has 0 radical (unpaired) electrons. The smallest absolute Gasteiger partial charge is 0.295 e. The minimum Gasteiger partial charge on any atom is -0.494 e. The summed E-state index contributed by atoms with van der Waals surface area (Å²) in [4.78, 5) is 21.6. The van der Waals surface area contributed by atoms with Crippen molar-refractivity contribution in [3.8, 4) is 22.1 Å². The van der Waals surface area contributed by atoms with Crippen LogP contribution in [0.4, 0.5) is 5.13 Å². The molecule has 31 heavy (non-hydrogen) atoms. The highest BCUT2D eigenvalue weighted by Crippen LogP contribution is 2.36. The lowest BCUT2D eigenvalue weighted by Gasteiger charge is -2.15. The lowest BCUT2D eigenvalue weighted by atomic mass is 10.00. The molecule has 1 saturated heterocycles. The van der Waals surface area contributed by atoms with Crippen molar-refractivity contribution >= 4 is 38.3 Å². The van der Waals surface area contributed by atoms with Gasteiger partial charge in [0.2, 0.25) is 5.13 Å². The number of pyridine rings is 2. The molecule has 1 aliphatic rings. The number of rotatable bonds is 7. The highest BCUT2D eigenvalue weighted by atomic mass is 79.9.